The second-order valence-electron chi connectivity index (χ2n) is 8.31. The molecule has 2 aromatic heterocycles. The molecule has 198 valence electrons. The molecule has 0 atom stereocenters. The maximum Gasteiger partial charge on any atom is 0.344 e. The summed E-state index contributed by atoms with van der Waals surface area (Å²) in [7, 11) is 0. The highest BCUT2D eigenvalue weighted by molar-refractivity contribution is 9.10. The molecule has 0 N–H and O–H groups in total. The zero-order chi connectivity index (χ0) is 27.4. The number of carbonyl (C=O) groups excluding carboxylic acids is 1. The van der Waals surface area contributed by atoms with E-state index < -0.39 is 5.97 Å². The minimum Gasteiger partial charge on any atom is -0.490 e. The van der Waals surface area contributed by atoms with E-state index in [0.717, 1.165) is 5.39 Å². The van der Waals surface area contributed by atoms with Crippen LogP contribution in [0.5, 0.6) is 11.5 Å². The SMILES string of the molecule is CCOC(=O)COc1cc(Br)c(C=Nn2c(-c3cc4ccccc4o3)nc3ccccc3c2=O)cc1OCC. The van der Waals surface area contributed by atoms with Gasteiger partial charge in [-0.05, 0) is 66.2 Å². The number of carbonyl (C=O) groups is 1. The average molecular weight is 590 g/mol. The number of halogens is 1. The summed E-state index contributed by atoms with van der Waals surface area (Å²) in [5, 5.41) is 5.82. The van der Waals surface area contributed by atoms with Crippen LogP contribution in [-0.2, 0) is 9.53 Å². The van der Waals surface area contributed by atoms with Gasteiger partial charge in [-0.15, -0.1) is 0 Å². The molecule has 0 aliphatic carbocycles. The van der Waals surface area contributed by atoms with Gasteiger partial charge in [-0.3, -0.25) is 4.79 Å². The van der Waals surface area contributed by atoms with Gasteiger partial charge < -0.3 is 18.6 Å². The van der Waals surface area contributed by atoms with E-state index in [2.05, 4.69) is 21.0 Å². The predicted octanol–water partition coefficient (Wildman–Crippen LogP) is 5.80. The summed E-state index contributed by atoms with van der Waals surface area (Å²) in [5.74, 6) is 0.965. The molecule has 39 heavy (non-hydrogen) atoms. The highest BCUT2D eigenvalue weighted by Gasteiger charge is 2.17. The number of esters is 1. The van der Waals surface area contributed by atoms with Gasteiger partial charge in [-0.2, -0.15) is 9.78 Å². The Morgan fingerprint density at radius 3 is 2.59 bits per heavy atom. The molecule has 5 aromatic rings. The molecule has 0 unspecified atom stereocenters. The van der Waals surface area contributed by atoms with Gasteiger partial charge in [0, 0.05) is 15.4 Å². The third-order valence-corrected chi connectivity index (χ3v) is 6.41. The first-order valence-electron chi connectivity index (χ1n) is 12.3. The lowest BCUT2D eigenvalue weighted by molar-refractivity contribution is -0.145. The maximum absolute atomic E-state index is 13.5. The Bertz CT molecular complexity index is 1720. The Hall–Kier alpha value is -4.44. The van der Waals surface area contributed by atoms with Crippen molar-refractivity contribution in [2.75, 3.05) is 19.8 Å². The number of benzene rings is 3. The summed E-state index contributed by atoms with van der Waals surface area (Å²) in [4.78, 5) is 30.0. The summed E-state index contributed by atoms with van der Waals surface area (Å²) in [6.45, 7) is 3.94. The van der Waals surface area contributed by atoms with Crippen LogP contribution in [0.3, 0.4) is 0 Å². The van der Waals surface area contributed by atoms with Crippen LogP contribution in [0.25, 0.3) is 33.5 Å². The van der Waals surface area contributed by atoms with Crippen molar-refractivity contribution in [3.8, 4) is 23.1 Å². The molecule has 0 radical (unpaired) electrons. The van der Waals surface area contributed by atoms with Crippen LogP contribution in [0, 0.1) is 0 Å². The fourth-order valence-electron chi connectivity index (χ4n) is 3.97. The average Bonchev–Trinajstić information content (AvgIpc) is 3.37. The first-order valence-corrected chi connectivity index (χ1v) is 13.1. The summed E-state index contributed by atoms with van der Waals surface area (Å²) < 4.78 is 24.1. The van der Waals surface area contributed by atoms with Gasteiger partial charge in [0.25, 0.3) is 5.56 Å². The van der Waals surface area contributed by atoms with E-state index in [1.54, 1.807) is 37.3 Å². The lowest BCUT2D eigenvalue weighted by atomic mass is 10.2. The van der Waals surface area contributed by atoms with E-state index in [9.17, 15) is 9.59 Å². The van der Waals surface area contributed by atoms with E-state index in [0.29, 0.717) is 50.4 Å². The van der Waals surface area contributed by atoms with Crippen molar-refractivity contribution in [1.82, 2.24) is 9.66 Å². The summed E-state index contributed by atoms with van der Waals surface area (Å²) in [6.07, 6.45) is 1.52. The number of nitrogens with zero attached hydrogens (tertiary/aromatic N) is 3. The molecule has 0 spiro atoms. The van der Waals surface area contributed by atoms with Gasteiger partial charge in [0.2, 0.25) is 5.82 Å². The Morgan fingerprint density at radius 2 is 1.79 bits per heavy atom. The predicted molar refractivity (Wildman–Crippen MR) is 152 cm³/mol. The van der Waals surface area contributed by atoms with Gasteiger partial charge in [0.1, 0.15) is 5.58 Å². The summed E-state index contributed by atoms with van der Waals surface area (Å²) >= 11 is 3.52. The van der Waals surface area contributed by atoms with Crippen molar-refractivity contribution in [3.05, 3.63) is 87.1 Å². The smallest absolute Gasteiger partial charge is 0.344 e. The van der Waals surface area contributed by atoms with Crippen molar-refractivity contribution in [2.45, 2.75) is 13.8 Å². The molecule has 0 amide bonds. The molecule has 10 heteroatoms. The Balaban J connectivity index is 1.58. The zero-order valence-corrected chi connectivity index (χ0v) is 22.8. The van der Waals surface area contributed by atoms with Crippen LogP contribution in [0.15, 0.2) is 85.5 Å². The minimum atomic E-state index is -0.483. The fourth-order valence-corrected chi connectivity index (χ4v) is 4.40. The Kier molecular flexibility index (Phi) is 7.74. The lowest BCUT2D eigenvalue weighted by Gasteiger charge is -2.13. The second-order valence-corrected chi connectivity index (χ2v) is 9.16. The molecule has 0 saturated carbocycles. The third-order valence-electron chi connectivity index (χ3n) is 5.73. The number of aromatic nitrogens is 2. The fraction of sp³-hybridized carbons (Fsp3) is 0.172. The van der Waals surface area contributed by atoms with Crippen LogP contribution < -0.4 is 15.0 Å². The zero-order valence-electron chi connectivity index (χ0n) is 21.2. The van der Waals surface area contributed by atoms with Crippen LogP contribution in [0.2, 0.25) is 0 Å². The van der Waals surface area contributed by atoms with Crippen LogP contribution in [-0.4, -0.2) is 41.7 Å². The van der Waals surface area contributed by atoms with Crippen molar-refractivity contribution in [2.24, 2.45) is 5.10 Å². The molecule has 0 aliphatic rings. The third kappa shape index (κ3) is 5.56. The summed E-state index contributed by atoms with van der Waals surface area (Å²) in [6, 6.07) is 19.9. The molecular formula is C29H24BrN3O6. The standard InChI is InChI=1S/C29H24BrN3O6/c1-3-36-24-14-19(21(30)15-25(24)38-17-27(34)37-4-2)16-31-33-28(26-13-18-9-5-8-12-23(18)39-26)32-22-11-7-6-10-20(22)29(33)35/h5-16H,3-4,17H2,1-2H3. The van der Waals surface area contributed by atoms with Crippen molar-refractivity contribution >= 4 is 50.0 Å². The van der Waals surface area contributed by atoms with E-state index in [-0.39, 0.29) is 24.6 Å². The van der Waals surface area contributed by atoms with Crippen molar-refractivity contribution in [1.29, 1.82) is 0 Å². The quantitative estimate of drug-likeness (QED) is 0.158. The molecule has 0 aliphatic heterocycles. The molecular weight excluding hydrogens is 566 g/mol. The van der Waals surface area contributed by atoms with E-state index in [4.69, 9.17) is 23.6 Å². The molecule has 3 aromatic carbocycles. The Labute approximate surface area is 231 Å². The van der Waals surface area contributed by atoms with Crippen LogP contribution in [0.1, 0.15) is 19.4 Å². The first-order chi connectivity index (χ1) is 19.0. The van der Waals surface area contributed by atoms with Gasteiger partial charge >= 0.3 is 5.97 Å². The number of furan rings is 1. The molecule has 0 saturated heterocycles. The molecule has 2 heterocycles. The number of hydrogen-bond acceptors (Lipinski definition) is 8. The number of fused-ring (bicyclic) bond motifs is 2. The van der Waals surface area contributed by atoms with Crippen molar-refractivity contribution in [3.63, 3.8) is 0 Å². The van der Waals surface area contributed by atoms with E-state index in [1.807, 2.05) is 43.3 Å². The molecule has 9 nitrogen and oxygen atoms in total. The highest BCUT2D eigenvalue weighted by atomic mass is 79.9. The number of rotatable bonds is 9. The van der Waals surface area contributed by atoms with Gasteiger partial charge in [-0.1, -0.05) is 30.3 Å². The number of ether oxygens (including phenoxy) is 3. The maximum atomic E-state index is 13.5. The van der Waals surface area contributed by atoms with Gasteiger partial charge in [-0.25, -0.2) is 9.78 Å². The number of hydrogen-bond donors (Lipinski definition) is 0. The van der Waals surface area contributed by atoms with Crippen LogP contribution >= 0.6 is 15.9 Å². The normalized spacial score (nSPS) is 11.4. The van der Waals surface area contributed by atoms with Crippen molar-refractivity contribution < 1.29 is 23.4 Å². The van der Waals surface area contributed by atoms with Crippen LogP contribution in [0.4, 0.5) is 0 Å². The number of para-hydroxylation sites is 2. The van der Waals surface area contributed by atoms with Gasteiger partial charge in [0.15, 0.2) is 23.9 Å². The topological polar surface area (TPSA) is 105 Å². The van der Waals surface area contributed by atoms with Gasteiger partial charge in [0.05, 0.1) is 30.3 Å². The second kappa shape index (κ2) is 11.5. The first kappa shape index (κ1) is 26.2. The molecule has 0 fully saturated rings. The largest absolute Gasteiger partial charge is 0.490 e. The lowest BCUT2D eigenvalue weighted by Crippen LogP contribution is -2.20. The van der Waals surface area contributed by atoms with E-state index >= 15 is 0 Å². The highest BCUT2D eigenvalue weighted by Crippen LogP contribution is 2.33. The Morgan fingerprint density at radius 1 is 1.03 bits per heavy atom. The monoisotopic (exact) mass is 589 g/mol. The molecule has 5 rings (SSSR count). The van der Waals surface area contributed by atoms with E-state index in [1.165, 1.54) is 10.9 Å². The minimum absolute atomic E-state index is 0.257. The molecule has 0 bridgehead atoms. The summed E-state index contributed by atoms with van der Waals surface area (Å²) in [5.41, 5.74) is 1.47.